The zero-order chi connectivity index (χ0) is 12.0. The van der Waals surface area contributed by atoms with Crippen LogP contribution in [0, 0.1) is 0 Å². The maximum Gasteiger partial charge on any atom is 0.323 e. The van der Waals surface area contributed by atoms with Crippen LogP contribution in [0.5, 0.6) is 0 Å². The van der Waals surface area contributed by atoms with E-state index in [0.717, 1.165) is 19.4 Å². The van der Waals surface area contributed by atoms with Crippen LogP contribution < -0.4 is 5.73 Å². The minimum absolute atomic E-state index is 0.105. The Bertz CT molecular complexity index is 219. The first-order valence-electron chi connectivity index (χ1n) is 6.33. The average molecular weight is 228 g/mol. The van der Waals surface area contributed by atoms with Gasteiger partial charge in [0, 0.05) is 6.04 Å². The van der Waals surface area contributed by atoms with Gasteiger partial charge in [0.05, 0.1) is 6.61 Å². The van der Waals surface area contributed by atoms with Gasteiger partial charge in [-0.3, -0.25) is 9.69 Å². The van der Waals surface area contributed by atoms with Crippen molar-refractivity contribution in [2.45, 2.75) is 51.6 Å². The van der Waals surface area contributed by atoms with E-state index in [1.165, 1.54) is 12.8 Å². The molecule has 0 aliphatic carbocycles. The smallest absolute Gasteiger partial charge is 0.323 e. The molecule has 0 spiro atoms. The number of piperidine rings is 1. The molecule has 0 amide bonds. The molecule has 94 valence electrons. The summed E-state index contributed by atoms with van der Waals surface area (Å²) in [6.45, 7) is 5.92. The zero-order valence-electron chi connectivity index (χ0n) is 10.4. The van der Waals surface area contributed by atoms with Gasteiger partial charge in [-0.1, -0.05) is 6.42 Å². The lowest BCUT2D eigenvalue weighted by molar-refractivity contribution is -0.150. The van der Waals surface area contributed by atoms with Crippen LogP contribution in [0.3, 0.4) is 0 Å². The van der Waals surface area contributed by atoms with Crippen LogP contribution in [-0.4, -0.2) is 42.6 Å². The Balaban J connectivity index is 2.55. The standard InChI is InChI=1S/C12H24N2O2/c1-3-16-12(15)10(2)14-9-5-4-6-11(14)7-8-13/h10-11H,3-9,13H2,1-2H3. The van der Waals surface area contributed by atoms with Crippen molar-refractivity contribution in [3.63, 3.8) is 0 Å². The molecule has 2 atom stereocenters. The molecular weight excluding hydrogens is 204 g/mol. The van der Waals surface area contributed by atoms with Gasteiger partial charge in [0.1, 0.15) is 6.04 Å². The Hall–Kier alpha value is -0.610. The summed E-state index contributed by atoms with van der Waals surface area (Å²) in [5.41, 5.74) is 5.61. The number of hydrogen-bond acceptors (Lipinski definition) is 4. The highest BCUT2D eigenvalue weighted by molar-refractivity contribution is 5.75. The van der Waals surface area contributed by atoms with Crippen molar-refractivity contribution < 1.29 is 9.53 Å². The molecule has 0 saturated carbocycles. The zero-order valence-corrected chi connectivity index (χ0v) is 10.4. The van der Waals surface area contributed by atoms with Gasteiger partial charge in [-0.15, -0.1) is 0 Å². The van der Waals surface area contributed by atoms with Gasteiger partial charge in [0.2, 0.25) is 0 Å². The number of carbonyl (C=O) groups excluding carboxylic acids is 1. The molecule has 0 aromatic rings. The van der Waals surface area contributed by atoms with Crippen molar-refractivity contribution in [1.29, 1.82) is 0 Å². The molecule has 16 heavy (non-hydrogen) atoms. The van der Waals surface area contributed by atoms with E-state index >= 15 is 0 Å². The van der Waals surface area contributed by atoms with Crippen molar-refractivity contribution in [2.24, 2.45) is 5.73 Å². The highest BCUT2D eigenvalue weighted by atomic mass is 16.5. The Labute approximate surface area is 98.1 Å². The fourth-order valence-electron chi connectivity index (χ4n) is 2.43. The van der Waals surface area contributed by atoms with E-state index in [0.29, 0.717) is 19.2 Å². The second kappa shape index (κ2) is 6.86. The largest absolute Gasteiger partial charge is 0.465 e. The number of likely N-dealkylation sites (tertiary alicyclic amines) is 1. The topological polar surface area (TPSA) is 55.6 Å². The molecule has 0 aromatic carbocycles. The van der Waals surface area contributed by atoms with E-state index in [1.807, 2.05) is 13.8 Å². The van der Waals surface area contributed by atoms with Gasteiger partial charge in [0.15, 0.2) is 0 Å². The fourth-order valence-corrected chi connectivity index (χ4v) is 2.43. The van der Waals surface area contributed by atoms with Gasteiger partial charge in [-0.25, -0.2) is 0 Å². The molecule has 0 aromatic heterocycles. The predicted octanol–water partition coefficient (Wildman–Crippen LogP) is 1.14. The first-order chi connectivity index (χ1) is 7.70. The van der Waals surface area contributed by atoms with E-state index in [1.54, 1.807) is 0 Å². The lowest BCUT2D eigenvalue weighted by Crippen LogP contribution is -2.49. The molecule has 1 aliphatic heterocycles. The number of esters is 1. The predicted molar refractivity (Wildman–Crippen MR) is 64.1 cm³/mol. The van der Waals surface area contributed by atoms with E-state index in [-0.39, 0.29) is 12.0 Å². The Kier molecular flexibility index (Phi) is 5.77. The first kappa shape index (κ1) is 13.5. The average Bonchev–Trinajstić information content (AvgIpc) is 2.29. The van der Waals surface area contributed by atoms with Gasteiger partial charge < -0.3 is 10.5 Å². The summed E-state index contributed by atoms with van der Waals surface area (Å²) in [6.07, 6.45) is 4.55. The fraction of sp³-hybridized carbons (Fsp3) is 0.917. The SMILES string of the molecule is CCOC(=O)C(C)N1CCCCC1CCN. The number of carbonyl (C=O) groups is 1. The summed E-state index contributed by atoms with van der Waals surface area (Å²) >= 11 is 0. The van der Waals surface area contributed by atoms with Gasteiger partial charge >= 0.3 is 5.97 Å². The summed E-state index contributed by atoms with van der Waals surface area (Å²) in [6, 6.07) is 0.329. The molecule has 0 radical (unpaired) electrons. The van der Waals surface area contributed by atoms with E-state index in [4.69, 9.17) is 10.5 Å². The molecular formula is C12H24N2O2. The summed E-state index contributed by atoms with van der Waals surface area (Å²) < 4.78 is 5.07. The molecule has 1 heterocycles. The molecule has 1 saturated heterocycles. The summed E-state index contributed by atoms with van der Waals surface area (Å²) in [5.74, 6) is -0.105. The number of nitrogens with two attached hydrogens (primary N) is 1. The molecule has 1 fully saturated rings. The molecule has 4 nitrogen and oxygen atoms in total. The van der Waals surface area contributed by atoms with Gasteiger partial charge in [-0.2, -0.15) is 0 Å². The van der Waals surface area contributed by atoms with Crippen LogP contribution in [0.25, 0.3) is 0 Å². The quantitative estimate of drug-likeness (QED) is 0.717. The third-order valence-electron chi connectivity index (χ3n) is 3.30. The van der Waals surface area contributed by atoms with E-state index in [2.05, 4.69) is 4.90 Å². The van der Waals surface area contributed by atoms with Crippen molar-refractivity contribution >= 4 is 5.97 Å². The van der Waals surface area contributed by atoms with Crippen LogP contribution in [0.15, 0.2) is 0 Å². The van der Waals surface area contributed by atoms with Crippen molar-refractivity contribution in [3.8, 4) is 0 Å². The highest BCUT2D eigenvalue weighted by Gasteiger charge is 2.30. The van der Waals surface area contributed by atoms with Crippen molar-refractivity contribution in [2.75, 3.05) is 19.7 Å². The third-order valence-corrected chi connectivity index (χ3v) is 3.30. The lowest BCUT2D eigenvalue weighted by Gasteiger charge is -2.38. The lowest BCUT2D eigenvalue weighted by atomic mass is 9.97. The van der Waals surface area contributed by atoms with E-state index in [9.17, 15) is 4.79 Å². The van der Waals surface area contributed by atoms with Crippen LogP contribution in [0.4, 0.5) is 0 Å². The molecule has 2 unspecified atom stereocenters. The molecule has 1 aliphatic rings. The Morgan fingerprint density at radius 3 is 2.94 bits per heavy atom. The molecule has 4 heteroatoms. The monoisotopic (exact) mass is 228 g/mol. The Morgan fingerprint density at radius 2 is 2.31 bits per heavy atom. The van der Waals surface area contributed by atoms with Crippen LogP contribution in [0.2, 0.25) is 0 Å². The maximum absolute atomic E-state index is 11.7. The van der Waals surface area contributed by atoms with Gasteiger partial charge in [0.25, 0.3) is 0 Å². The van der Waals surface area contributed by atoms with Crippen molar-refractivity contribution in [1.82, 2.24) is 4.90 Å². The molecule has 0 bridgehead atoms. The van der Waals surface area contributed by atoms with Crippen LogP contribution in [-0.2, 0) is 9.53 Å². The number of nitrogens with zero attached hydrogens (tertiary/aromatic N) is 1. The minimum atomic E-state index is -0.128. The number of rotatable bonds is 5. The van der Waals surface area contributed by atoms with Crippen LogP contribution in [0.1, 0.15) is 39.5 Å². The summed E-state index contributed by atoms with van der Waals surface area (Å²) in [4.78, 5) is 14.0. The van der Waals surface area contributed by atoms with Crippen molar-refractivity contribution in [3.05, 3.63) is 0 Å². The van der Waals surface area contributed by atoms with E-state index < -0.39 is 0 Å². The second-order valence-electron chi connectivity index (χ2n) is 4.39. The number of ether oxygens (including phenoxy) is 1. The summed E-state index contributed by atoms with van der Waals surface area (Å²) in [5, 5.41) is 0. The van der Waals surface area contributed by atoms with Crippen LogP contribution >= 0.6 is 0 Å². The Morgan fingerprint density at radius 1 is 1.56 bits per heavy atom. The second-order valence-corrected chi connectivity index (χ2v) is 4.39. The first-order valence-corrected chi connectivity index (χ1v) is 6.33. The minimum Gasteiger partial charge on any atom is -0.465 e. The number of hydrogen-bond donors (Lipinski definition) is 1. The van der Waals surface area contributed by atoms with Gasteiger partial charge in [-0.05, 0) is 46.2 Å². The summed E-state index contributed by atoms with van der Waals surface area (Å²) in [7, 11) is 0. The molecule has 2 N–H and O–H groups in total. The molecule has 1 rings (SSSR count). The third kappa shape index (κ3) is 3.46. The highest BCUT2D eigenvalue weighted by Crippen LogP contribution is 2.22. The maximum atomic E-state index is 11.7. The normalized spacial score (nSPS) is 24.1.